The van der Waals surface area contributed by atoms with E-state index in [-0.39, 0.29) is 12.1 Å². The number of hydrogen-bond donors (Lipinski definition) is 2. The third kappa shape index (κ3) is 3.23. The first kappa shape index (κ1) is 15.3. The van der Waals surface area contributed by atoms with Gasteiger partial charge in [-0.25, -0.2) is 0 Å². The second kappa shape index (κ2) is 6.63. The molecule has 0 saturated heterocycles. The van der Waals surface area contributed by atoms with Crippen molar-refractivity contribution < 1.29 is 5.11 Å². The summed E-state index contributed by atoms with van der Waals surface area (Å²) in [5, 5.41) is 18.5. The van der Waals surface area contributed by atoms with E-state index in [1.807, 2.05) is 36.1 Å². The third-order valence-corrected chi connectivity index (χ3v) is 4.70. The van der Waals surface area contributed by atoms with E-state index >= 15 is 0 Å². The maximum Gasteiger partial charge on any atom is 0.0730 e. The van der Waals surface area contributed by atoms with Crippen LogP contribution in [0.3, 0.4) is 0 Å². The number of nitrogens with zero attached hydrogens (tertiary/aromatic N) is 2. The number of fused-ring (bicyclic) bond motifs is 1. The highest BCUT2D eigenvalue weighted by molar-refractivity contribution is 5.25. The highest BCUT2D eigenvalue weighted by atomic mass is 16.3. The van der Waals surface area contributed by atoms with E-state index in [0.717, 1.165) is 12.8 Å². The van der Waals surface area contributed by atoms with Gasteiger partial charge in [0, 0.05) is 30.4 Å². The molecular formula is C18H25N3O. The largest absolute Gasteiger partial charge is 0.391 e. The van der Waals surface area contributed by atoms with Gasteiger partial charge in [-0.05, 0) is 38.2 Å². The van der Waals surface area contributed by atoms with Gasteiger partial charge in [0.15, 0.2) is 0 Å². The maximum atomic E-state index is 10.5. The van der Waals surface area contributed by atoms with E-state index in [2.05, 4.69) is 29.5 Å². The number of benzene rings is 1. The summed E-state index contributed by atoms with van der Waals surface area (Å²) in [6.45, 7) is 2.07. The molecule has 0 fully saturated rings. The first-order valence-electron chi connectivity index (χ1n) is 8.14. The topological polar surface area (TPSA) is 50.1 Å². The van der Waals surface area contributed by atoms with Gasteiger partial charge in [0.1, 0.15) is 0 Å². The number of rotatable bonds is 5. The summed E-state index contributed by atoms with van der Waals surface area (Å²) in [7, 11) is 2.01. The van der Waals surface area contributed by atoms with E-state index in [1.165, 1.54) is 23.2 Å². The predicted molar refractivity (Wildman–Crippen MR) is 87.6 cm³/mol. The quantitative estimate of drug-likeness (QED) is 0.891. The van der Waals surface area contributed by atoms with Gasteiger partial charge in [-0.2, -0.15) is 5.10 Å². The fourth-order valence-electron chi connectivity index (χ4n) is 3.34. The molecule has 0 spiro atoms. The summed E-state index contributed by atoms with van der Waals surface area (Å²) in [5.74, 6) is 0. The second-order valence-electron chi connectivity index (χ2n) is 6.33. The van der Waals surface area contributed by atoms with Gasteiger partial charge in [0.2, 0.25) is 0 Å². The van der Waals surface area contributed by atoms with Crippen molar-refractivity contribution in [1.29, 1.82) is 0 Å². The van der Waals surface area contributed by atoms with Gasteiger partial charge >= 0.3 is 0 Å². The Morgan fingerprint density at radius 2 is 2.14 bits per heavy atom. The predicted octanol–water partition coefficient (Wildman–Crippen LogP) is 2.38. The molecule has 118 valence electrons. The van der Waals surface area contributed by atoms with Crippen molar-refractivity contribution in [2.75, 3.05) is 0 Å². The molecule has 4 nitrogen and oxygen atoms in total. The van der Waals surface area contributed by atoms with E-state index in [0.29, 0.717) is 12.5 Å². The molecule has 0 bridgehead atoms. The molecule has 1 aromatic heterocycles. The number of aliphatic hydroxyl groups is 1. The zero-order chi connectivity index (χ0) is 15.5. The molecule has 0 saturated carbocycles. The van der Waals surface area contributed by atoms with Gasteiger partial charge in [-0.15, -0.1) is 0 Å². The minimum atomic E-state index is -0.385. The Morgan fingerprint density at radius 3 is 2.91 bits per heavy atom. The van der Waals surface area contributed by atoms with Crippen LogP contribution in [0.15, 0.2) is 36.5 Å². The van der Waals surface area contributed by atoms with Crippen molar-refractivity contribution in [2.45, 2.75) is 50.8 Å². The second-order valence-corrected chi connectivity index (χ2v) is 6.33. The van der Waals surface area contributed by atoms with E-state index in [1.54, 1.807) is 0 Å². The third-order valence-electron chi connectivity index (χ3n) is 4.70. The summed E-state index contributed by atoms with van der Waals surface area (Å²) in [6, 6.07) is 10.5. The molecule has 3 rings (SSSR count). The minimum Gasteiger partial charge on any atom is -0.391 e. The standard InChI is InChI=1S/C18H25N3O/c1-13(18(22)11-14-7-4-3-5-8-14)20-16-9-6-10-17-15(16)12-19-21(17)2/h3-5,7-8,12-13,16,18,20,22H,6,9-11H2,1-2H3. The Labute approximate surface area is 132 Å². The van der Waals surface area contributed by atoms with Crippen molar-refractivity contribution in [3.63, 3.8) is 0 Å². The Kier molecular flexibility index (Phi) is 4.60. The smallest absolute Gasteiger partial charge is 0.0730 e. The molecule has 0 radical (unpaired) electrons. The molecule has 0 amide bonds. The number of nitrogens with one attached hydrogen (secondary N) is 1. The maximum absolute atomic E-state index is 10.5. The lowest BCUT2D eigenvalue weighted by Crippen LogP contribution is -2.41. The van der Waals surface area contributed by atoms with Crippen molar-refractivity contribution in [2.24, 2.45) is 7.05 Å². The molecule has 1 heterocycles. The lowest BCUT2D eigenvalue weighted by Gasteiger charge is -2.29. The molecule has 3 atom stereocenters. The summed E-state index contributed by atoms with van der Waals surface area (Å²) in [5.41, 5.74) is 3.80. The molecule has 0 aliphatic heterocycles. The summed E-state index contributed by atoms with van der Waals surface area (Å²) in [4.78, 5) is 0. The first-order valence-corrected chi connectivity index (χ1v) is 8.14. The van der Waals surface area contributed by atoms with Crippen molar-refractivity contribution in [1.82, 2.24) is 15.1 Å². The fraction of sp³-hybridized carbons (Fsp3) is 0.500. The number of aryl methyl sites for hydroxylation is 1. The Bertz CT molecular complexity index is 608. The van der Waals surface area contributed by atoms with Crippen molar-refractivity contribution in [3.8, 4) is 0 Å². The Hall–Kier alpha value is -1.65. The minimum absolute atomic E-state index is 0.0522. The van der Waals surface area contributed by atoms with Crippen LogP contribution in [0.2, 0.25) is 0 Å². The monoisotopic (exact) mass is 299 g/mol. The number of aliphatic hydroxyl groups excluding tert-OH is 1. The van der Waals surface area contributed by atoms with Crippen LogP contribution in [0, 0.1) is 0 Å². The SMILES string of the molecule is CC(NC1CCCc2c1cnn2C)C(O)Cc1ccccc1. The van der Waals surface area contributed by atoms with E-state index in [4.69, 9.17) is 0 Å². The number of aromatic nitrogens is 2. The summed E-state index contributed by atoms with van der Waals surface area (Å²) >= 11 is 0. The van der Waals surface area contributed by atoms with Crippen LogP contribution < -0.4 is 5.32 Å². The summed E-state index contributed by atoms with van der Waals surface area (Å²) < 4.78 is 1.98. The molecule has 1 aliphatic rings. The lowest BCUT2D eigenvalue weighted by molar-refractivity contribution is 0.126. The van der Waals surface area contributed by atoms with Gasteiger partial charge in [0.25, 0.3) is 0 Å². The lowest BCUT2D eigenvalue weighted by atomic mass is 9.91. The molecular weight excluding hydrogens is 274 g/mol. The average molecular weight is 299 g/mol. The van der Waals surface area contributed by atoms with Gasteiger partial charge in [0.05, 0.1) is 12.3 Å². The zero-order valence-electron chi connectivity index (χ0n) is 13.4. The average Bonchev–Trinajstić information content (AvgIpc) is 2.91. The van der Waals surface area contributed by atoms with Crippen LogP contribution in [0.4, 0.5) is 0 Å². The normalized spacial score (nSPS) is 20.4. The van der Waals surface area contributed by atoms with Crippen LogP contribution in [-0.4, -0.2) is 27.0 Å². The van der Waals surface area contributed by atoms with Crippen LogP contribution in [0.1, 0.15) is 42.6 Å². The van der Waals surface area contributed by atoms with Crippen LogP contribution in [0.5, 0.6) is 0 Å². The molecule has 4 heteroatoms. The van der Waals surface area contributed by atoms with Crippen molar-refractivity contribution >= 4 is 0 Å². The van der Waals surface area contributed by atoms with Gasteiger partial charge < -0.3 is 10.4 Å². The van der Waals surface area contributed by atoms with Crippen LogP contribution >= 0.6 is 0 Å². The van der Waals surface area contributed by atoms with Gasteiger partial charge in [-0.3, -0.25) is 4.68 Å². The Morgan fingerprint density at radius 1 is 1.36 bits per heavy atom. The van der Waals surface area contributed by atoms with E-state index < -0.39 is 0 Å². The van der Waals surface area contributed by atoms with Crippen LogP contribution in [0.25, 0.3) is 0 Å². The molecule has 22 heavy (non-hydrogen) atoms. The fourth-order valence-corrected chi connectivity index (χ4v) is 3.34. The highest BCUT2D eigenvalue weighted by Crippen LogP contribution is 2.29. The zero-order valence-corrected chi connectivity index (χ0v) is 13.4. The highest BCUT2D eigenvalue weighted by Gasteiger charge is 2.26. The van der Waals surface area contributed by atoms with Crippen molar-refractivity contribution in [3.05, 3.63) is 53.3 Å². The summed E-state index contributed by atoms with van der Waals surface area (Å²) in [6.07, 6.45) is 5.66. The van der Waals surface area contributed by atoms with Crippen LogP contribution in [-0.2, 0) is 19.9 Å². The van der Waals surface area contributed by atoms with E-state index in [9.17, 15) is 5.11 Å². The Balaban J connectivity index is 1.63. The molecule has 2 aromatic rings. The molecule has 3 unspecified atom stereocenters. The molecule has 1 aliphatic carbocycles. The first-order chi connectivity index (χ1) is 10.6. The number of hydrogen-bond acceptors (Lipinski definition) is 3. The van der Waals surface area contributed by atoms with Gasteiger partial charge in [-0.1, -0.05) is 30.3 Å². The molecule has 2 N–H and O–H groups in total. The molecule has 1 aromatic carbocycles.